The van der Waals surface area contributed by atoms with Gasteiger partial charge in [-0.15, -0.1) is 0 Å². The molecule has 0 heterocycles. The number of halogens is 5. The standard InChI is InChI=1S/C29H29F5/c1-3-5-6-8-17-9-10-18(23(30)13-17)11-12-20-15-22-16-21-14-19(7-4-2)26(31)28(33)24(21)25(22)29(34)27(20)32/h9-10,13-15H,3-8,11-12,16H2,1-2H3. The lowest BCUT2D eigenvalue weighted by molar-refractivity contribution is 0.491. The topological polar surface area (TPSA) is 0 Å². The summed E-state index contributed by atoms with van der Waals surface area (Å²) in [6.45, 7) is 3.98. The Morgan fingerprint density at radius 2 is 1.18 bits per heavy atom. The Labute approximate surface area is 197 Å². The molecule has 34 heavy (non-hydrogen) atoms. The lowest BCUT2D eigenvalue weighted by Gasteiger charge is -2.12. The molecule has 0 amide bonds. The van der Waals surface area contributed by atoms with Crippen LogP contribution < -0.4 is 0 Å². The lowest BCUT2D eigenvalue weighted by atomic mass is 9.96. The minimum atomic E-state index is -1.17. The first-order valence-corrected chi connectivity index (χ1v) is 12.1. The number of fused-ring (bicyclic) bond motifs is 3. The van der Waals surface area contributed by atoms with E-state index in [2.05, 4.69) is 6.92 Å². The van der Waals surface area contributed by atoms with Gasteiger partial charge in [-0.2, -0.15) is 0 Å². The second-order valence-electron chi connectivity index (χ2n) is 9.21. The molecule has 5 heteroatoms. The summed E-state index contributed by atoms with van der Waals surface area (Å²) in [6, 6.07) is 8.19. The smallest absolute Gasteiger partial charge is 0.167 e. The van der Waals surface area contributed by atoms with E-state index in [1.54, 1.807) is 12.1 Å². The maximum atomic E-state index is 15.1. The molecule has 0 saturated heterocycles. The van der Waals surface area contributed by atoms with Gasteiger partial charge in [0.05, 0.1) is 0 Å². The Morgan fingerprint density at radius 3 is 1.74 bits per heavy atom. The van der Waals surface area contributed by atoms with Gasteiger partial charge in [-0.1, -0.05) is 57.4 Å². The highest BCUT2D eigenvalue weighted by Crippen LogP contribution is 2.43. The molecule has 3 aromatic carbocycles. The van der Waals surface area contributed by atoms with Crippen molar-refractivity contribution in [2.75, 3.05) is 0 Å². The van der Waals surface area contributed by atoms with Crippen molar-refractivity contribution in [1.29, 1.82) is 0 Å². The summed E-state index contributed by atoms with van der Waals surface area (Å²) in [5.41, 5.74) is 2.27. The molecule has 4 rings (SSSR count). The molecular weight excluding hydrogens is 443 g/mol. The largest absolute Gasteiger partial charge is 0.207 e. The predicted molar refractivity (Wildman–Crippen MR) is 126 cm³/mol. The normalized spacial score (nSPS) is 12.2. The second-order valence-corrected chi connectivity index (χ2v) is 9.21. The van der Waals surface area contributed by atoms with Gasteiger partial charge in [0, 0.05) is 11.1 Å². The zero-order valence-corrected chi connectivity index (χ0v) is 19.6. The van der Waals surface area contributed by atoms with Crippen LogP contribution in [0.25, 0.3) is 11.1 Å². The maximum absolute atomic E-state index is 15.1. The van der Waals surface area contributed by atoms with Gasteiger partial charge in [0.2, 0.25) is 0 Å². The lowest BCUT2D eigenvalue weighted by Crippen LogP contribution is -2.03. The van der Waals surface area contributed by atoms with Crippen LogP contribution in [0.1, 0.15) is 72.9 Å². The van der Waals surface area contributed by atoms with Crippen LogP contribution in [0.5, 0.6) is 0 Å². The molecule has 1 aliphatic rings. The van der Waals surface area contributed by atoms with Crippen molar-refractivity contribution in [3.63, 3.8) is 0 Å². The Hall–Kier alpha value is -2.69. The maximum Gasteiger partial charge on any atom is 0.167 e. The van der Waals surface area contributed by atoms with Crippen LogP contribution in [0.15, 0.2) is 30.3 Å². The molecule has 0 radical (unpaired) electrons. The van der Waals surface area contributed by atoms with Crippen molar-refractivity contribution in [2.45, 2.75) is 71.6 Å². The quantitative estimate of drug-likeness (QED) is 0.169. The van der Waals surface area contributed by atoms with Gasteiger partial charge in [0.15, 0.2) is 23.3 Å². The summed E-state index contributed by atoms with van der Waals surface area (Å²) in [5.74, 6) is -4.71. The number of rotatable bonds is 9. The summed E-state index contributed by atoms with van der Waals surface area (Å²) in [6.07, 6.45) is 5.55. The van der Waals surface area contributed by atoms with E-state index < -0.39 is 23.3 Å². The first-order chi connectivity index (χ1) is 16.3. The van der Waals surface area contributed by atoms with E-state index in [4.69, 9.17) is 0 Å². The Kier molecular flexibility index (Phi) is 7.39. The average Bonchev–Trinajstić information content (AvgIpc) is 3.18. The van der Waals surface area contributed by atoms with Crippen LogP contribution in [0.4, 0.5) is 22.0 Å². The minimum absolute atomic E-state index is 0.108. The molecule has 0 saturated carbocycles. The van der Waals surface area contributed by atoms with Crippen molar-refractivity contribution in [1.82, 2.24) is 0 Å². The second kappa shape index (κ2) is 10.3. The molecule has 0 nitrogen and oxygen atoms in total. The van der Waals surface area contributed by atoms with E-state index in [9.17, 15) is 17.6 Å². The first kappa shape index (κ1) is 24.4. The van der Waals surface area contributed by atoms with Gasteiger partial charge in [0.25, 0.3) is 0 Å². The molecule has 1 aliphatic carbocycles. The molecule has 3 aromatic rings. The summed E-state index contributed by atoms with van der Waals surface area (Å²) in [7, 11) is 0. The van der Waals surface area contributed by atoms with Crippen LogP contribution in [0.3, 0.4) is 0 Å². The molecule has 0 bridgehead atoms. The summed E-state index contributed by atoms with van der Waals surface area (Å²) in [5, 5.41) is 0. The summed E-state index contributed by atoms with van der Waals surface area (Å²) in [4.78, 5) is 0. The third kappa shape index (κ3) is 4.62. The highest BCUT2D eigenvalue weighted by molar-refractivity contribution is 5.79. The molecular formula is C29H29F5. The zero-order valence-electron chi connectivity index (χ0n) is 19.6. The average molecular weight is 473 g/mol. The van der Waals surface area contributed by atoms with Crippen molar-refractivity contribution >= 4 is 0 Å². The van der Waals surface area contributed by atoms with E-state index in [1.807, 2.05) is 13.0 Å². The SMILES string of the molecule is CCCCCc1ccc(CCc2cc3c(c(F)c2F)-c2c(cc(CCC)c(F)c2F)C3)c(F)c1. The third-order valence-electron chi connectivity index (χ3n) is 6.73. The molecule has 0 spiro atoms. The molecule has 0 fully saturated rings. The fourth-order valence-corrected chi connectivity index (χ4v) is 4.93. The fourth-order valence-electron chi connectivity index (χ4n) is 4.93. The van der Waals surface area contributed by atoms with Gasteiger partial charge < -0.3 is 0 Å². The third-order valence-corrected chi connectivity index (χ3v) is 6.73. The number of hydrogen-bond donors (Lipinski definition) is 0. The fraction of sp³-hybridized carbons (Fsp3) is 0.379. The number of unbranched alkanes of at least 4 members (excludes halogenated alkanes) is 2. The van der Waals surface area contributed by atoms with Crippen LogP contribution in [-0.4, -0.2) is 0 Å². The molecule has 0 aliphatic heterocycles. The van der Waals surface area contributed by atoms with E-state index in [-0.39, 0.29) is 47.3 Å². The number of aryl methyl sites for hydroxylation is 4. The summed E-state index contributed by atoms with van der Waals surface area (Å²) >= 11 is 0. The van der Waals surface area contributed by atoms with E-state index in [1.165, 1.54) is 12.1 Å². The Bertz CT molecular complexity index is 1210. The van der Waals surface area contributed by atoms with Gasteiger partial charge in [-0.3, -0.25) is 0 Å². The predicted octanol–water partition coefficient (Wildman–Crippen LogP) is 8.42. The molecule has 0 N–H and O–H groups in total. The van der Waals surface area contributed by atoms with Crippen molar-refractivity contribution in [3.8, 4) is 11.1 Å². The Morgan fingerprint density at radius 1 is 0.588 bits per heavy atom. The highest BCUT2D eigenvalue weighted by Gasteiger charge is 2.31. The number of hydrogen-bond acceptors (Lipinski definition) is 0. The van der Waals surface area contributed by atoms with Crippen LogP contribution in [0.2, 0.25) is 0 Å². The van der Waals surface area contributed by atoms with Crippen LogP contribution in [0, 0.1) is 29.1 Å². The van der Waals surface area contributed by atoms with Gasteiger partial charge in [0.1, 0.15) is 5.82 Å². The molecule has 0 unspecified atom stereocenters. The van der Waals surface area contributed by atoms with E-state index in [0.29, 0.717) is 29.5 Å². The van der Waals surface area contributed by atoms with Gasteiger partial charge >= 0.3 is 0 Å². The van der Waals surface area contributed by atoms with E-state index >= 15 is 4.39 Å². The van der Waals surface area contributed by atoms with E-state index in [0.717, 1.165) is 31.2 Å². The molecule has 0 atom stereocenters. The summed E-state index contributed by atoms with van der Waals surface area (Å²) < 4.78 is 73.9. The van der Waals surface area contributed by atoms with Gasteiger partial charge in [-0.05, 0) is 78.0 Å². The van der Waals surface area contributed by atoms with Crippen molar-refractivity contribution in [2.24, 2.45) is 0 Å². The molecule has 0 aromatic heterocycles. The monoisotopic (exact) mass is 472 g/mol. The molecule has 180 valence electrons. The first-order valence-electron chi connectivity index (χ1n) is 12.1. The zero-order chi connectivity index (χ0) is 24.4. The highest BCUT2D eigenvalue weighted by atomic mass is 19.2. The van der Waals surface area contributed by atoms with Crippen molar-refractivity contribution < 1.29 is 22.0 Å². The Balaban J connectivity index is 1.58. The number of benzene rings is 3. The van der Waals surface area contributed by atoms with Crippen molar-refractivity contribution in [3.05, 3.63) is 92.8 Å². The van der Waals surface area contributed by atoms with Crippen LogP contribution >= 0.6 is 0 Å². The van der Waals surface area contributed by atoms with Crippen LogP contribution in [-0.2, 0) is 32.1 Å². The minimum Gasteiger partial charge on any atom is -0.207 e. The van der Waals surface area contributed by atoms with Gasteiger partial charge in [-0.25, -0.2) is 22.0 Å².